The minimum Gasteiger partial charge on any atom is -0.507 e. The zero-order valence-corrected chi connectivity index (χ0v) is 44.8. The molecule has 0 unspecified atom stereocenters. The highest BCUT2D eigenvalue weighted by Crippen LogP contribution is 2.50. The van der Waals surface area contributed by atoms with E-state index < -0.39 is 95.1 Å². The molecule has 1 spiro atoms. The number of ether oxygens (including phenoxy) is 4. The van der Waals surface area contributed by atoms with Gasteiger partial charge in [0, 0.05) is 112 Å². The molecular formula is C57H74N6O12. The van der Waals surface area contributed by atoms with Crippen molar-refractivity contribution in [2.24, 2.45) is 39.6 Å². The van der Waals surface area contributed by atoms with Crippen molar-refractivity contribution < 1.29 is 58.6 Å². The van der Waals surface area contributed by atoms with Gasteiger partial charge in [-0.2, -0.15) is 0 Å². The topological polar surface area (TPSA) is 242 Å². The maximum Gasteiger partial charge on any atom is 0.315 e. The fraction of sp³-hybridized carbons (Fsp3) is 0.561. The molecule has 2 amide bonds. The number of pyridine rings is 1. The average molecular weight is 1040 g/mol. The Morgan fingerprint density at radius 3 is 2.21 bits per heavy atom. The van der Waals surface area contributed by atoms with Crippen molar-refractivity contribution in [3.05, 3.63) is 88.1 Å². The van der Waals surface area contributed by atoms with E-state index in [1.165, 1.54) is 26.4 Å². The predicted molar refractivity (Wildman–Crippen MR) is 279 cm³/mol. The van der Waals surface area contributed by atoms with Gasteiger partial charge in [0.15, 0.2) is 11.4 Å². The molecule has 0 saturated carbocycles. The van der Waals surface area contributed by atoms with Crippen LogP contribution in [0.15, 0.2) is 70.7 Å². The number of hydrogen-bond donors (Lipinski definition) is 5. The largest absolute Gasteiger partial charge is 0.507 e. The second-order valence-corrected chi connectivity index (χ2v) is 21.9. The molecule has 9 rings (SSSR count). The third-order valence-electron chi connectivity index (χ3n) is 16.2. The van der Waals surface area contributed by atoms with Crippen molar-refractivity contribution in [3.63, 3.8) is 0 Å². The number of carbonyl (C=O) groups excluding carboxylic acids is 4. The fourth-order valence-electron chi connectivity index (χ4n) is 11.5. The number of benzene rings is 2. The molecule has 6 aliphatic rings. The lowest BCUT2D eigenvalue weighted by molar-refractivity contribution is -0.165. The summed E-state index contributed by atoms with van der Waals surface area (Å²) in [4.78, 5) is 75.0. The van der Waals surface area contributed by atoms with Gasteiger partial charge in [-0.1, -0.05) is 59.8 Å². The van der Waals surface area contributed by atoms with Gasteiger partial charge in [0.25, 0.3) is 11.7 Å². The van der Waals surface area contributed by atoms with Crippen molar-refractivity contribution in [1.82, 2.24) is 14.8 Å². The minimum absolute atomic E-state index is 0.00841. The Morgan fingerprint density at radius 2 is 1.56 bits per heavy atom. The second kappa shape index (κ2) is 22.2. The summed E-state index contributed by atoms with van der Waals surface area (Å²) in [5, 5.41) is 51.1. The van der Waals surface area contributed by atoms with Gasteiger partial charge in [-0.15, -0.1) is 0 Å². The highest BCUT2D eigenvalue weighted by atomic mass is 16.7. The summed E-state index contributed by atoms with van der Waals surface area (Å²) in [5.74, 6) is -7.47. The summed E-state index contributed by atoms with van der Waals surface area (Å²) in [6, 6.07) is 3.95. The molecule has 2 saturated heterocycles. The number of phenols is 2. The molecule has 5 bridgehead atoms. The molecule has 18 heteroatoms. The summed E-state index contributed by atoms with van der Waals surface area (Å²) in [7, 11) is 1.45. The molecule has 404 valence electrons. The van der Waals surface area contributed by atoms with Crippen LogP contribution in [0.25, 0.3) is 10.8 Å². The second-order valence-electron chi connectivity index (χ2n) is 21.9. The van der Waals surface area contributed by atoms with Gasteiger partial charge in [-0.3, -0.25) is 34.1 Å². The van der Waals surface area contributed by atoms with Crippen LogP contribution in [0.5, 0.6) is 17.2 Å². The standard InChI is InChI=1S/C57H74N6O12/c1-30(2)29-62-25-19-57(20-26-62)60-45-42-43-50(68)36(8)53-44(42)54(70)56(9,75-53)73-27-18-39(72-10)33(5)52(74-41(65)28-40(64)63-23-16-38(17-24-63)37-14-21-58-22-15-37)35(7)49(67)34(6)48(66)31(3)12-11-13-32(4)55(71)59-47(51(43)69)46(45)61-57/h11-15,18,21-22,27,30-31,33-35,38-39,48-49,52,66-69H,16-17,19-20,23-26,28-29H2,1-10H3,(H,59,71)/b12-11+,27-18+,32-13-/t31-,33+,34+,35+,39-,48-,49+,52+,56-/m0/s1. The van der Waals surface area contributed by atoms with E-state index in [2.05, 4.69) is 29.0 Å². The number of nitrogens with zero attached hydrogens (tertiary/aromatic N) is 5. The van der Waals surface area contributed by atoms with E-state index in [0.29, 0.717) is 44.9 Å². The molecule has 3 aromatic rings. The lowest BCUT2D eigenvalue weighted by Crippen LogP contribution is -2.47. The SMILES string of the molecule is CO[C@H]1/C=C/O[C@@]2(C)Oc3c(C)c(O)c4c(O)c(c5c(c4c3C2=O)=NC2(CCN(CC(C)C)CC2)N=5)NC(=O)/C(C)=C\C=C\[C@H](C)[C@H](O)[C@@H](C)[C@@H](O)[C@@H](C)[C@H](OC(=O)CC(=O)N2CCC(c3ccncc3)CC2)[C@@H]1C. The zero-order chi connectivity index (χ0) is 54.3. The number of aromatic hydroxyl groups is 2. The van der Waals surface area contributed by atoms with Crippen LogP contribution < -0.4 is 20.8 Å². The van der Waals surface area contributed by atoms with Crippen molar-refractivity contribution in [2.45, 2.75) is 136 Å². The highest BCUT2D eigenvalue weighted by Gasteiger charge is 2.50. The van der Waals surface area contributed by atoms with Gasteiger partial charge in [0.2, 0.25) is 5.91 Å². The monoisotopic (exact) mass is 1030 g/mol. The van der Waals surface area contributed by atoms with Gasteiger partial charge in [-0.25, -0.2) is 0 Å². The Morgan fingerprint density at radius 1 is 0.893 bits per heavy atom. The van der Waals surface area contributed by atoms with E-state index in [4.69, 9.17) is 28.9 Å². The number of fused-ring (bicyclic) bond motifs is 13. The molecule has 2 fully saturated rings. The first-order chi connectivity index (χ1) is 35.6. The summed E-state index contributed by atoms with van der Waals surface area (Å²) in [5.41, 5.74) is 0.455. The van der Waals surface area contributed by atoms with Gasteiger partial charge >= 0.3 is 11.8 Å². The van der Waals surface area contributed by atoms with Gasteiger partial charge in [0.1, 0.15) is 35.1 Å². The third kappa shape index (κ3) is 10.9. The zero-order valence-electron chi connectivity index (χ0n) is 44.8. The molecule has 0 radical (unpaired) electrons. The number of phenolic OH excluding ortho intramolecular Hbond substituents is 2. The van der Waals surface area contributed by atoms with Crippen LogP contribution in [0.2, 0.25) is 0 Å². The van der Waals surface area contributed by atoms with E-state index in [9.17, 15) is 39.6 Å². The number of ketones is 1. The molecule has 75 heavy (non-hydrogen) atoms. The van der Waals surface area contributed by atoms with Gasteiger partial charge in [-0.05, 0) is 62.3 Å². The van der Waals surface area contributed by atoms with Gasteiger partial charge in [0.05, 0.1) is 40.9 Å². The lowest BCUT2D eigenvalue weighted by Gasteiger charge is -2.38. The first-order valence-corrected chi connectivity index (χ1v) is 26.4. The minimum atomic E-state index is -2.02. The van der Waals surface area contributed by atoms with Crippen molar-refractivity contribution in [2.75, 3.05) is 45.2 Å². The van der Waals surface area contributed by atoms with Crippen LogP contribution in [0, 0.1) is 36.5 Å². The maximum absolute atomic E-state index is 15.0. The smallest absolute Gasteiger partial charge is 0.315 e. The van der Waals surface area contributed by atoms with Crippen LogP contribution in [0.1, 0.15) is 115 Å². The molecule has 5 N–H and O–H groups in total. The number of carbonyl (C=O) groups is 4. The number of allylic oxidation sites excluding steroid dienone is 2. The number of anilines is 1. The fourth-order valence-corrected chi connectivity index (χ4v) is 11.5. The number of amides is 2. The quantitative estimate of drug-likeness (QED) is 0.105. The summed E-state index contributed by atoms with van der Waals surface area (Å²) in [6.45, 7) is 19.0. The number of methoxy groups -OCH3 is 1. The molecule has 9 atom stereocenters. The van der Waals surface area contributed by atoms with Crippen LogP contribution in [-0.2, 0) is 28.6 Å². The number of aromatic nitrogens is 1. The number of nitrogens with one attached hydrogen (secondary N) is 1. The number of piperidine rings is 2. The number of rotatable bonds is 7. The van der Waals surface area contributed by atoms with E-state index in [1.807, 2.05) is 12.1 Å². The Bertz CT molecular complexity index is 2910. The summed E-state index contributed by atoms with van der Waals surface area (Å²) < 4.78 is 24.7. The van der Waals surface area contributed by atoms with Crippen molar-refractivity contribution in [3.8, 4) is 17.2 Å². The first-order valence-electron chi connectivity index (χ1n) is 26.4. The molecule has 7 heterocycles. The molecular weight excluding hydrogens is 961 g/mol. The third-order valence-corrected chi connectivity index (χ3v) is 16.2. The normalized spacial score (nSPS) is 30.2. The van der Waals surface area contributed by atoms with E-state index in [1.54, 1.807) is 77.1 Å². The highest BCUT2D eigenvalue weighted by molar-refractivity contribution is 6.19. The van der Waals surface area contributed by atoms with Crippen LogP contribution in [0.3, 0.4) is 0 Å². The van der Waals surface area contributed by atoms with Crippen LogP contribution in [-0.4, -0.2) is 134 Å². The lowest BCUT2D eigenvalue weighted by atomic mass is 9.78. The van der Waals surface area contributed by atoms with Gasteiger partial charge < -0.3 is 54.5 Å². The number of aliphatic hydroxyl groups excluding tert-OH is 2. The van der Waals surface area contributed by atoms with Crippen LogP contribution >= 0.6 is 0 Å². The number of hydrogen-bond acceptors (Lipinski definition) is 16. The van der Waals surface area contributed by atoms with Crippen LogP contribution in [0.4, 0.5) is 5.69 Å². The molecule has 1 aromatic heterocycles. The first kappa shape index (κ1) is 55.0. The Kier molecular flexibility index (Phi) is 16.3. The van der Waals surface area contributed by atoms with Crippen molar-refractivity contribution >= 4 is 40.0 Å². The predicted octanol–water partition coefficient (Wildman–Crippen LogP) is 5.92. The van der Waals surface area contributed by atoms with Crippen molar-refractivity contribution in [1.29, 1.82) is 0 Å². The molecule has 0 aliphatic carbocycles. The number of likely N-dealkylation sites (tertiary alicyclic amines) is 2. The maximum atomic E-state index is 15.0. The Labute approximate surface area is 438 Å². The number of aliphatic hydroxyl groups is 2. The van der Waals surface area contributed by atoms with E-state index in [0.717, 1.165) is 24.9 Å². The summed E-state index contributed by atoms with van der Waals surface area (Å²) >= 11 is 0. The summed E-state index contributed by atoms with van der Waals surface area (Å²) in [6.07, 6.45) is 8.81. The molecule has 6 aliphatic heterocycles. The van der Waals surface area contributed by atoms with E-state index >= 15 is 0 Å². The number of esters is 1. The average Bonchev–Trinajstić information content (AvgIpc) is 3.95. The molecule has 2 aromatic carbocycles. The Hall–Kier alpha value is -6.21. The molecule has 18 nitrogen and oxygen atoms in total. The van der Waals surface area contributed by atoms with E-state index in [-0.39, 0.29) is 61.4 Å². The Balaban J connectivity index is 1.15. The number of Topliss-reactive ketones (excluding diaryl/α,β-unsaturated/α-hetero) is 1.